The molecule has 22 heavy (non-hydrogen) atoms. The Morgan fingerprint density at radius 2 is 2.27 bits per heavy atom. The number of carbonyl (C=O) groups is 1. The van der Waals surface area contributed by atoms with E-state index >= 15 is 0 Å². The van der Waals surface area contributed by atoms with Crippen molar-refractivity contribution in [2.45, 2.75) is 6.10 Å². The summed E-state index contributed by atoms with van der Waals surface area (Å²) in [5, 5.41) is 6.53. The molecule has 3 rings (SSSR count). The van der Waals surface area contributed by atoms with Crippen LogP contribution in [0.2, 0.25) is 0 Å². The molecular weight excluding hydrogens is 282 g/mol. The number of ether oxygens (including phenoxy) is 1. The molecule has 0 aromatic carbocycles. The van der Waals surface area contributed by atoms with Gasteiger partial charge < -0.3 is 14.5 Å². The molecule has 1 amide bonds. The number of H-pyrrole nitrogens is 1. The molecular formula is C15H19N5O2. The van der Waals surface area contributed by atoms with Crippen molar-refractivity contribution < 1.29 is 9.53 Å². The number of aromatic nitrogens is 3. The molecule has 0 aliphatic carbocycles. The van der Waals surface area contributed by atoms with Crippen LogP contribution in [0.1, 0.15) is 22.3 Å². The lowest BCUT2D eigenvalue weighted by Gasteiger charge is -2.32. The maximum Gasteiger partial charge on any atom is 0.272 e. The van der Waals surface area contributed by atoms with Gasteiger partial charge in [-0.2, -0.15) is 5.10 Å². The highest BCUT2D eigenvalue weighted by Gasteiger charge is 2.27. The van der Waals surface area contributed by atoms with E-state index in [-0.39, 0.29) is 12.0 Å². The molecule has 116 valence electrons. The summed E-state index contributed by atoms with van der Waals surface area (Å²) in [4.78, 5) is 20.7. The molecule has 2 aromatic heterocycles. The van der Waals surface area contributed by atoms with Crippen molar-refractivity contribution in [1.29, 1.82) is 0 Å². The largest absolute Gasteiger partial charge is 0.368 e. The second-order valence-electron chi connectivity index (χ2n) is 5.40. The van der Waals surface area contributed by atoms with E-state index < -0.39 is 0 Å². The number of morpholine rings is 1. The van der Waals surface area contributed by atoms with Crippen molar-refractivity contribution in [1.82, 2.24) is 20.1 Å². The highest BCUT2D eigenvalue weighted by Crippen LogP contribution is 2.23. The standard InChI is InChI=1S/C15H19N5O2/c1-19(2)14-5-3-4-11(17-14)13-10-20(8-9-22-13)15(21)12-6-7-16-18-12/h3-7,13H,8-10H2,1-2H3,(H,16,18)/t13-/m0/s1. The maximum atomic E-state index is 12.4. The molecule has 1 atom stereocenters. The van der Waals surface area contributed by atoms with E-state index in [2.05, 4.69) is 15.2 Å². The van der Waals surface area contributed by atoms with E-state index in [4.69, 9.17) is 4.74 Å². The van der Waals surface area contributed by atoms with Gasteiger partial charge in [-0.25, -0.2) is 4.98 Å². The highest BCUT2D eigenvalue weighted by molar-refractivity contribution is 5.92. The fourth-order valence-corrected chi connectivity index (χ4v) is 2.43. The third-order valence-corrected chi connectivity index (χ3v) is 3.63. The van der Waals surface area contributed by atoms with Crippen LogP contribution in [0.15, 0.2) is 30.5 Å². The number of anilines is 1. The molecule has 0 saturated carbocycles. The average molecular weight is 301 g/mol. The summed E-state index contributed by atoms with van der Waals surface area (Å²) in [6.45, 7) is 1.56. The van der Waals surface area contributed by atoms with Crippen LogP contribution in [0.5, 0.6) is 0 Å². The number of amides is 1. The molecule has 0 bridgehead atoms. The molecule has 3 heterocycles. The lowest BCUT2D eigenvalue weighted by Crippen LogP contribution is -2.42. The highest BCUT2D eigenvalue weighted by atomic mass is 16.5. The van der Waals surface area contributed by atoms with Crippen LogP contribution in [0, 0.1) is 0 Å². The number of hydrogen-bond acceptors (Lipinski definition) is 5. The van der Waals surface area contributed by atoms with Crippen molar-refractivity contribution >= 4 is 11.7 Å². The van der Waals surface area contributed by atoms with Gasteiger partial charge in [-0.3, -0.25) is 9.89 Å². The Morgan fingerprint density at radius 1 is 1.41 bits per heavy atom. The van der Waals surface area contributed by atoms with Gasteiger partial charge in [0.05, 0.1) is 18.8 Å². The van der Waals surface area contributed by atoms with Gasteiger partial charge in [0.1, 0.15) is 17.6 Å². The summed E-state index contributed by atoms with van der Waals surface area (Å²) < 4.78 is 5.80. The Hall–Kier alpha value is -2.41. The second kappa shape index (κ2) is 6.15. The lowest BCUT2D eigenvalue weighted by atomic mass is 10.1. The normalized spacial score (nSPS) is 18.3. The zero-order valence-corrected chi connectivity index (χ0v) is 12.7. The molecule has 1 N–H and O–H groups in total. The lowest BCUT2D eigenvalue weighted by molar-refractivity contribution is -0.0248. The summed E-state index contributed by atoms with van der Waals surface area (Å²) >= 11 is 0. The van der Waals surface area contributed by atoms with Gasteiger partial charge in [0.2, 0.25) is 0 Å². The van der Waals surface area contributed by atoms with Crippen molar-refractivity contribution in [3.8, 4) is 0 Å². The van der Waals surface area contributed by atoms with E-state index in [1.807, 2.05) is 37.2 Å². The van der Waals surface area contributed by atoms with Gasteiger partial charge in [0.25, 0.3) is 5.91 Å². The van der Waals surface area contributed by atoms with E-state index in [1.165, 1.54) is 0 Å². The fraction of sp³-hybridized carbons (Fsp3) is 0.400. The minimum absolute atomic E-state index is 0.0606. The summed E-state index contributed by atoms with van der Waals surface area (Å²) in [6, 6.07) is 7.51. The minimum atomic E-state index is -0.208. The van der Waals surface area contributed by atoms with Crippen molar-refractivity contribution in [2.24, 2.45) is 0 Å². The van der Waals surface area contributed by atoms with Crippen LogP contribution in [-0.2, 0) is 4.74 Å². The third kappa shape index (κ3) is 2.94. The topological polar surface area (TPSA) is 74.3 Å². The number of hydrogen-bond donors (Lipinski definition) is 1. The van der Waals surface area contributed by atoms with Gasteiger partial charge in [0, 0.05) is 26.8 Å². The van der Waals surface area contributed by atoms with E-state index in [9.17, 15) is 4.79 Å². The Labute approximate surface area is 128 Å². The average Bonchev–Trinajstić information content (AvgIpc) is 3.09. The van der Waals surface area contributed by atoms with Gasteiger partial charge in [-0.05, 0) is 18.2 Å². The molecule has 0 radical (unpaired) electrons. The SMILES string of the molecule is CN(C)c1cccc([C@@H]2CN(C(=O)c3ccn[nH]3)CCO2)n1. The van der Waals surface area contributed by atoms with Gasteiger partial charge in [0.15, 0.2) is 0 Å². The molecule has 1 saturated heterocycles. The smallest absolute Gasteiger partial charge is 0.272 e. The molecule has 1 aliphatic heterocycles. The van der Waals surface area contributed by atoms with Crippen molar-refractivity contribution in [3.05, 3.63) is 41.9 Å². The van der Waals surface area contributed by atoms with Crippen LogP contribution < -0.4 is 4.90 Å². The van der Waals surface area contributed by atoms with Gasteiger partial charge in [-0.1, -0.05) is 6.07 Å². The van der Waals surface area contributed by atoms with E-state index in [1.54, 1.807) is 17.2 Å². The predicted molar refractivity (Wildman–Crippen MR) is 81.7 cm³/mol. The van der Waals surface area contributed by atoms with Crippen LogP contribution in [-0.4, -0.2) is 59.8 Å². The summed E-state index contributed by atoms with van der Waals surface area (Å²) in [6.07, 6.45) is 1.37. The Bertz CT molecular complexity index is 641. The Kier molecular flexibility index (Phi) is 4.06. The number of nitrogens with zero attached hydrogens (tertiary/aromatic N) is 4. The number of rotatable bonds is 3. The summed E-state index contributed by atoms with van der Waals surface area (Å²) in [7, 11) is 3.89. The van der Waals surface area contributed by atoms with Crippen LogP contribution >= 0.6 is 0 Å². The first-order valence-electron chi connectivity index (χ1n) is 7.19. The van der Waals surface area contributed by atoms with Crippen LogP contribution in [0.25, 0.3) is 0 Å². The van der Waals surface area contributed by atoms with Crippen LogP contribution in [0.3, 0.4) is 0 Å². The second-order valence-corrected chi connectivity index (χ2v) is 5.40. The summed E-state index contributed by atoms with van der Waals surface area (Å²) in [5.74, 6) is 0.813. The zero-order chi connectivity index (χ0) is 15.5. The zero-order valence-electron chi connectivity index (χ0n) is 12.7. The third-order valence-electron chi connectivity index (χ3n) is 3.63. The number of pyridine rings is 1. The molecule has 2 aromatic rings. The molecule has 0 unspecified atom stereocenters. The fourth-order valence-electron chi connectivity index (χ4n) is 2.43. The molecule has 1 fully saturated rings. The molecule has 1 aliphatic rings. The number of nitrogens with one attached hydrogen (secondary N) is 1. The predicted octanol–water partition coefficient (Wildman–Crippen LogP) is 1.08. The first kappa shape index (κ1) is 14.5. The number of carbonyl (C=O) groups excluding carboxylic acids is 1. The first-order chi connectivity index (χ1) is 10.6. The van der Waals surface area contributed by atoms with E-state index in [0.29, 0.717) is 25.4 Å². The quantitative estimate of drug-likeness (QED) is 0.918. The Balaban J connectivity index is 1.75. The molecule has 7 heteroatoms. The van der Waals surface area contributed by atoms with Crippen LogP contribution in [0.4, 0.5) is 5.82 Å². The Morgan fingerprint density at radius 3 is 3.00 bits per heavy atom. The van der Waals surface area contributed by atoms with Crippen molar-refractivity contribution in [3.63, 3.8) is 0 Å². The molecule has 7 nitrogen and oxygen atoms in total. The van der Waals surface area contributed by atoms with Gasteiger partial charge >= 0.3 is 0 Å². The van der Waals surface area contributed by atoms with E-state index in [0.717, 1.165) is 11.5 Å². The van der Waals surface area contributed by atoms with Gasteiger partial charge in [-0.15, -0.1) is 0 Å². The minimum Gasteiger partial charge on any atom is -0.368 e. The summed E-state index contributed by atoms with van der Waals surface area (Å²) in [5.41, 5.74) is 1.34. The maximum absolute atomic E-state index is 12.4. The first-order valence-corrected chi connectivity index (χ1v) is 7.19. The monoisotopic (exact) mass is 301 g/mol. The van der Waals surface area contributed by atoms with Crippen molar-refractivity contribution in [2.75, 3.05) is 38.7 Å². The number of aromatic amines is 1. The molecule has 0 spiro atoms.